The zero-order chi connectivity index (χ0) is 64.7. The molecule has 0 saturated carbocycles. The molecule has 0 atom stereocenters. The standard InChI is InChI=1S/C62H80N16O12/c1-7-19-87-53-37-15-13-16-38(53)24-42-28-46(70-60-72-58(66)74-62(76-60)78(36-52(84)86-12-6)50(82)34-68-48(80)32-64)30-44(56(42)90-22-10-4)26-40-18-14-17-39(54(40)88-20-8-2)25-43-29-45(27-41(23-37)55(43)89-21-9-3)69-59-71-57(65)73-61(75-59)77(35-51(83)85-11-5)49(81)33-67-47(79)31-63/h13-18,27-30H,7-12,19-26,31-36,63-64H2,1-6H3,(H,67,79)(H,68,80)(H3,65,69,71,73,75)(H3,66,70,72,74,76). The molecule has 28 nitrogen and oxygen atoms in total. The third kappa shape index (κ3) is 18.5. The molecule has 1 aliphatic rings. The van der Waals surface area contributed by atoms with Crippen LogP contribution in [-0.2, 0) is 63.9 Å². The summed E-state index contributed by atoms with van der Waals surface area (Å²) in [5.41, 5.74) is 31.0. The van der Waals surface area contributed by atoms with Crippen molar-refractivity contribution in [3.05, 3.63) is 105 Å². The number of rotatable bonds is 30. The predicted octanol–water partition coefficient (Wildman–Crippen LogP) is 4.48. The number of nitrogens with two attached hydrogens (primary N) is 4. The second-order valence-electron chi connectivity index (χ2n) is 20.6. The average molecular weight is 1240 g/mol. The lowest BCUT2D eigenvalue weighted by molar-refractivity contribution is -0.143. The summed E-state index contributed by atoms with van der Waals surface area (Å²) in [6.07, 6.45) is 3.95. The number of nitrogens with one attached hydrogen (secondary N) is 4. The lowest BCUT2D eigenvalue weighted by Gasteiger charge is -2.24. The zero-order valence-electron chi connectivity index (χ0n) is 51.7. The smallest absolute Gasteiger partial charge is 0.326 e. The van der Waals surface area contributed by atoms with E-state index in [4.69, 9.17) is 51.4 Å². The van der Waals surface area contributed by atoms with Crippen molar-refractivity contribution in [2.75, 3.05) is 111 Å². The van der Waals surface area contributed by atoms with Gasteiger partial charge in [-0.15, -0.1) is 0 Å². The highest BCUT2D eigenvalue weighted by atomic mass is 16.5. The van der Waals surface area contributed by atoms with E-state index in [1.807, 2.05) is 88.4 Å². The summed E-state index contributed by atoms with van der Waals surface area (Å²) in [4.78, 5) is 106. The molecule has 2 aromatic heterocycles. The maximum atomic E-state index is 13.7. The van der Waals surface area contributed by atoms with Crippen LogP contribution in [-0.4, -0.2) is 144 Å². The van der Waals surface area contributed by atoms with Crippen molar-refractivity contribution >= 4 is 82.6 Å². The average Bonchev–Trinajstić information content (AvgIpc) is 0.884. The van der Waals surface area contributed by atoms with Gasteiger partial charge in [0, 0.05) is 59.3 Å². The molecule has 12 N–H and O–H groups in total. The summed E-state index contributed by atoms with van der Waals surface area (Å²) in [7, 11) is 0. The van der Waals surface area contributed by atoms with Gasteiger partial charge in [0.1, 0.15) is 36.1 Å². The van der Waals surface area contributed by atoms with Gasteiger partial charge in [0.2, 0.25) is 59.3 Å². The highest BCUT2D eigenvalue weighted by Gasteiger charge is 2.29. The van der Waals surface area contributed by atoms with Crippen molar-refractivity contribution in [1.82, 2.24) is 40.5 Å². The van der Waals surface area contributed by atoms with Gasteiger partial charge < -0.3 is 72.6 Å². The Morgan fingerprint density at radius 2 is 0.767 bits per heavy atom. The molecule has 0 spiro atoms. The normalized spacial score (nSPS) is 11.6. The number of para-hydroxylation sites is 2. The van der Waals surface area contributed by atoms with E-state index in [1.165, 1.54) is 0 Å². The van der Waals surface area contributed by atoms with Gasteiger partial charge in [-0.3, -0.25) is 38.6 Å². The summed E-state index contributed by atoms with van der Waals surface area (Å²) in [5.74, 6) is -2.90. The number of aromatic nitrogens is 6. The number of carbonyl (C=O) groups is 6. The molecule has 0 aliphatic heterocycles. The quantitative estimate of drug-likeness (QED) is 0.0288. The van der Waals surface area contributed by atoms with Gasteiger partial charge in [-0.1, -0.05) is 64.1 Å². The van der Waals surface area contributed by atoms with Crippen molar-refractivity contribution in [1.29, 1.82) is 0 Å². The molecule has 0 saturated heterocycles. The van der Waals surface area contributed by atoms with E-state index in [0.717, 1.165) is 54.3 Å². The molecule has 1 aliphatic carbocycles. The third-order valence-corrected chi connectivity index (χ3v) is 13.5. The van der Waals surface area contributed by atoms with Gasteiger partial charge >= 0.3 is 11.9 Å². The predicted molar refractivity (Wildman–Crippen MR) is 337 cm³/mol. The van der Waals surface area contributed by atoms with Gasteiger partial charge in [0.25, 0.3) is 0 Å². The Labute approximate surface area is 521 Å². The van der Waals surface area contributed by atoms with Crippen molar-refractivity contribution in [3.8, 4) is 23.0 Å². The highest BCUT2D eigenvalue weighted by molar-refractivity contribution is 6.00. The van der Waals surface area contributed by atoms with E-state index in [1.54, 1.807) is 13.8 Å². The minimum Gasteiger partial charge on any atom is -0.493 e. The summed E-state index contributed by atoms with van der Waals surface area (Å²) in [6, 6.07) is 19.7. The molecule has 28 heteroatoms. The molecule has 90 heavy (non-hydrogen) atoms. The van der Waals surface area contributed by atoms with Gasteiger partial charge in [-0.25, -0.2) is 0 Å². The molecule has 4 aromatic carbocycles. The molecule has 480 valence electrons. The Kier molecular flexibility index (Phi) is 25.1. The Bertz CT molecular complexity index is 3200. The molecule has 0 radical (unpaired) electrons. The van der Waals surface area contributed by atoms with Crippen LogP contribution in [0.2, 0.25) is 0 Å². The van der Waals surface area contributed by atoms with Crippen LogP contribution >= 0.6 is 0 Å². The number of hydrogen-bond donors (Lipinski definition) is 8. The molecule has 7 rings (SSSR count). The fourth-order valence-electron chi connectivity index (χ4n) is 9.66. The van der Waals surface area contributed by atoms with Crippen molar-refractivity contribution < 1.29 is 57.2 Å². The minimum atomic E-state index is -0.759. The molecule has 4 amide bonds. The van der Waals surface area contributed by atoms with Crippen LogP contribution in [0.1, 0.15) is 112 Å². The molecular weight excluding hydrogens is 1160 g/mol. The fourth-order valence-corrected chi connectivity index (χ4v) is 9.66. The van der Waals surface area contributed by atoms with Crippen molar-refractivity contribution in [3.63, 3.8) is 0 Å². The van der Waals surface area contributed by atoms with E-state index in [9.17, 15) is 28.8 Å². The largest absolute Gasteiger partial charge is 0.493 e. The number of amides is 4. The maximum absolute atomic E-state index is 13.7. The van der Waals surface area contributed by atoms with E-state index in [0.29, 0.717) is 112 Å². The Balaban J connectivity index is 1.42. The van der Waals surface area contributed by atoms with E-state index in [-0.39, 0.29) is 62.0 Å². The highest BCUT2D eigenvalue weighted by Crippen LogP contribution is 2.42. The lowest BCUT2D eigenvalue weighted by atomic mass is 9.90. The fraction of sp³-hybridized carbons (Fsp3) is 0.419. The number of benzene rings is 4. The number of fused-ring (bicyclic) bond motifs is 8. The van der Waals surface area contributed by atoms with E-state index >= 15 is 0 Å². The number of anilines is 8. The number of carbonyl (C=O) groups excluding carboxylic acids is 6. The molecule has 2 heterocycles. The van der Waals surface area contributed by atoms with E-state index in [2.05, 4.69) is 51.2 Å². The molecule has 6 aromatic rings. The summed E-state index contributed by atoms with van der Waals surface area (Å²) >= 11 is 0. The molecule has 8 bridgehead atoms. The van der Waals surface area contributed by atoms with Crippen LogP contribution in [0.5, 0.6) is 23.0 Å². The lowest BCUT2D eigenvalue weighted by Crippen LogP contribution is -2.45. The first-order valence-corrected chi connectivity index (χ1v) is 30.0. The zero-order valence-corrected chi connectivity index (χ0v) is 51.7. The summed E-state index contributed by atoms with van der Waals surface area (Å²) in [5, 5.41) is 11.5. The summed E-state index contributed by atoms with van der Waals surface area (Å²) < 4.78 is 37.5. The molecular formula is C62H80N16O12. The minimum absolute atomic E-state index is 0.0349. The number of nitrogen functional groups attached to an aromatic ring is 2. The monoisotopic (exact) mass is 1240 g/mol. The topological polar surface area (TPSA) is 394 Å². The second-order valence-corrected chi connectivity index (χ2v) is 20.6. The Morgan fingerprint density at radius 1 is 0.456 bits per heavy atom. The Hall–Kier alpha value is -9.96. The van der Waals surface area contributed by atoms with Gasteiger partial charge in [0.15, 0.2) is 0 Å². The number of ether oxygens (including phenoxy) is 6. The van der Waals surface area contributed by atoms with Gasteiger partial charge in [-0.05, 0) is 86.1 Å². The van der Waals surface area contributed by atoms with Crippen LogP contribution in [0.15, 0.2) is 60.7 Å². The van der Waals surface area contributed by atoms with Crippen LogP contribution < -0.4 is 72.9 Å². The maximum Gasteiger partial charge on any atom is 0.326 e. The third-order valence-electron chi connectivity index (χ3n) is 13.5. The molecule has 0 fully saturated rings. The van der Waals surface area contributed by atoms with Crippen LogP contribution in [0.4, 0.5) is 47.1 Å². The van der Waals surface area contributed by atoms with Crippen molar-refractivity contribution in [2.24, 2.45) is 11.5 Å². The second kappa shape index (κ2) is 33.4. The van der Waals surface area contributed by atoms with E-state index < -0.39 is 61.7 Å². The van der Waals surface area contributed by atoms with Crippen molar-refractivity contribution in [2.45, 2.75) is 92.9 Å². The first-order valence-electron chi connectivity index (χ1n) is 30.0. The first kappa shape index (κ1) is 67.5. The molecule has 0 unspecified atom stereocenters. The first-order chi connectivity index (χ1) is 43.5. The van der Waals surface area contributed by atoms with Crippen LogP contribution in [0.3, 0.4) is 0 Å². The number of esters is 2. The summed E-state index contributed by atoms with van der Waals surface area (Å²) in [6.45, 7) is 9.97. The Morgan fingerprint density at radius 3 is 1.06 bits per heavy atom. The van der Waals surface area contributed by atoms with Gasteiger partial charge in [-0.2, -0.15) is 29.9 Å². The number of hydrogen-bond acceptors (Lipinski definition) is 24. The van der Waals surface area contributed by atoms with Crippen LogP contribution in [0, 0.1) is 0 Å². The SMILES string of the molecule is CCCOc1c2cccc1Cc1cc(Nc3nc(N)nc(N(CC(=O)OCC)C(=O)CNC(=O)CN)n3)cc(c1OCCC)Cc1cccc(c1OCCC)Cc1cc(Nc3nc(N)nc(N(CC(=O)OCC)C(=O)CNC(=O)CN)n3)cc(c1OCCC)C2. The van der Waals surface area contributed by atoms with Gasteiger partial charge in [0.05, 0.1) is 65.8 Å². The van der Waals surface area contributed by atoms with Crippen LogP contribution in [0.25, 0.3) is 0 Å². The number of nitrogens with zero attached hydrogens (tertiary/aromatic N) is 8.